The summed E-state index contributed by atoms with van der Waals surface area (Å²) in [5.41, 5.74) is 0. The zero-order chi connectivity index (χ0) is 5.82. The van der Waals surface area contributed by atoms with Crippen LogP contribution in [-0.4, -0.2) is 13.1 Å². The molecule has 0 aromatic rings. The predicted molar refractivity (Wildman–Crippen MR) is 34.4 cm³/mol. The first-order chi connectivity index (χ1) is 3.89. The van der Waals surface area contributed by atoms with Crippen molar-refractivity contribution in [2.75, 3.05) is 13.1 Å². The van der Waals surface area contributed by atoms with Gasteiger partial charge in [0.05, 0.1) is 5.82 Å². The molecule has 0 bridgehead atoms. The molecule has 0 radical (unpaired) electrons. The summed E-state index contributed by atoms with van der Waals surface area (Å²) in [5.74, 6) is 0.975. The summed E-state index contributed by atoms with van der Waals surface area (Å²) >= 11 is 0. The van der Waals surface area contributed by atoms with Crippen LogP contribution in [0, 0.1) is 0 Å². The lowest BCUT2D eigenvalue weighted by Gasteiger charge is -2.03. The molecular formula is C6H12N2. The summed E-state index contributed by atoms with van der Waals surface area (Å²) in [6.45, 7) is 5.90. The maximum atomic E-state index is 3.75. The van der Waals surface area contributed by atoms with Gasteiger partial charge in [0.15, 0.2) is 0 Å². The monoisotopic (exact) mass is 112 g/mol. The van der Waals surface area contributed by atoms with Crippen molar-refractivity contribution in [1.82, 2.24) is 10.6 Å². The van der Waals surface area contributed by atoms with Gasteiger partial charge in [-0.2, -0.15) is 0 Å². The zero-order valence-corrected chi connectivity index (χ0v) is 5.04. The van der Waals surface area contributed by atoms with Gasteiger partial charge in [0.25, 0.3) is 0 Å². The maximum Gasteiger partial charge on any atom is 0.0912 e. The molecule has 0 saturated carbocycles. The molecule has 0 unspecified atom stereocenters. The fourth-order valence-corrected chi connectivity index (χ4v) is 0.791. The van der Waals surface area contributed by atoms with Crippen LogP contribution in [0.15, 0.2) is 12.4 Å². The molecule has 0 spiro atoms. The van der Waals surface area contributed by atoms with E-state index in [0.717, 1.165) is 18.9 Å². The van der Waals surface area contributed by atoms with E-state index in [-0.39, 0.29) is 0 Å². The fourth-order valence-electron chi connectivity index (χ4n) is 0.791. The lowest BCUT2D eigenvalue weighted by molar-refractivity contribution is 0.742. The molecule has 1 aliphatic rings. The second kappa shape index (κ2) is 2.60. The predicted octanol–water partition coefficient (Wildman–Crippen LogP) is 0.431. The SMILES string of the molecule is C=C1NCCCCN1. The van der Waals surface area contributed by atoms with Crippen molar-refractivity contribution < 1.29 is 0 Å². The van der Waals surface area contributed by atoms with E-state index in [9.17, 15) is 0 Å². The summed E-state index contributed by atoms with van der Waals surface area (Å²) in [6, 6.07) is 0. The molecule has 1 fully saturated rings. The molecule has 2 nitrogen and oxygen atoms in total. The van der Waals surface area contributed by atoms with E-state index >= 15 is 0 Å². The minimum atomic E-state index is 0.975. The molecule has 0 amide bonds. The molecule has 1 aliphatic heterocycles. The summed E-state index contributed by atoms with van der Waals surface area (Å²) in [7, 11) is 0. The number of rotatable bonds is 0. The third-order valence-corrected chi connectivity index (χ3v) is 1.28. The van der Waals surface area contributed by atoms with E-state index in [1.807, 2.05) is 0 Å². The van der Waals surface area contributed by atoms with Gasteiger partial charge in [-0.25, -0.2) is 0 Å². The first-order valence-electron chi connectivity index (χ1n) is 3.06. The summed E-state index contributed by atoms with van der Waals surface area (Å²) in [5, 5.41) is 6.28. The Balaban J connectivity index is 2.27. The molecule has 8 heavy (non-hydrogen) atoms. The van der Waals surface area contributed by atoms with E-state index in [1.54, 1.807) is 0 Å². The molecule has 2 heteroatoms. The van der Waals surface area contributed by atoms with Gasteiger partial charge in [-0.05, 0) is 12.8 Å². The Morgan fingerprint density at radius 2 is 1.62 bits per heavy atom. The molecule has 1 saturated heterocycles. The van der Waals surface area contributed by atoms with Crippen molar-refractivity contribution in [2.24, 2.45) is 0 Å². The van der Waals surface area contributed by atoms with Gasteiger partial charge in [0.2, 0.25) is 0 Å². The van der Waals surface area contributed by atoms with Crippen LogP contribution in [0.5, 0.6) is 0 Å². The Hall–Kier alpha value is -0.660. The van der Waals surface area contributed by atoms with Gasteiger partial charge in [-0.3, -0.25) is 0 Å². The highest BCUT2D eigenvalue weighted by Crippen LogP contribution is 1.91. The highest BCUT2D eigenvalue weighted by atomic mass is 15.1. The van der Waals surface area contributed by atoms with Gasteiger partial charge in [-0.1, -0.05) is 6.58 Å². The van der Waals surface area contributed by atoms with Crippen LogP contribution in [0.25, 0.3) is 0 Å². The molecule has 1 heterocycles. The average Bonchev–Trinajstić information content (AvgIpc) is 1.94. The highest BCUT2D eigenvalue weighted by molar-refractivity contribution is 4.88. The Labute approximate surface area is 50.0 Å². The van der Waals surface area contributed by atoms with Gasteiger partial charge in [0.1, 0.15) is 0 Å². The van der Waals surface area contributed by atoms with E-state index in [1.165, 1.54) is 12.8 Å². The van der Waals surface area contributed by atoms with E-state index < -0.39 is 0 Å². The van der Waals surface area contributed by atoms with Crippen molar-refractivity contribution in [3.8, 4) is 0 Å². The fraction of sp³-hybridized carbons (Fsp3) is 0.667. The number of hydrogen-bond acceptors (Lipinski definition) is 2. The number of nitrogens with one attached hydrogen (secondary N) is 2. The van der Waals surface area contributed by atoms with Crippen LogP contribution in [0.2, 0.25) is 0 Å². The minimum Gasteiger partial charge on any atom is -0.372 e. The topological polar surface area (TPSA) is 24.1 Å². The lowest BCUT2D eigenvalue weighted by atomic mass is 10.3. The first kappa shape index (κ1) is 5.48. The van der Waals surface area contributed by atoms with Crippen LogP contribution in [0.4, 0.5) is 0 Å². The highest BCUT2D eigenvalue weighted by Gasteiger charge is 1.96. The van der Waals surface area contributed by atoms with Crippen LogP contribution < -0.4 is 10.6 Å². The summed E-state index contributed by atoms with van der Waals surface area (Å²) in [6.07, 6.45) is 2.51. The maximum absolute atomic E-state index is 3.75. The minimum absolute atomic E-state index is 0.975. The van der Waals surface area contributed by atoms with Crippen molar-refractivity contribution in [3.63, 3.8) is 0 Å². The smallest absolute Gasteiger partial charge is 0.0912 e. The van der Waals surface area contributed by atoms with Crippen LogP contribution in [0.1, 0.15) is 12.8 Å². The number of hydrogen-bond donors (Lipinski definition) is 2. The zero-order valence-electron chi connectivity index (χ0n) is 5.04. The van der Waals surface area contributed by atoms with Gasteiger partial charge in [-0.15, -0.1) is 0 Å². The van der Waals surface area contributed by atoms with Gasteiger partial charge in [0, 0.05) is 13.1 Å². The van der Waals surface area contributed by atoms with E-state index in [0.29, 0.717) is 0 Å². The Bertz CT molecular complexity index is 78.5. The van der Waals surface area contributed by atoms with Crippen LogP contribution in [-0.2, 0) is 0 Å². The largest absolute Gasteiger partial charge is 0.372 e. The molecule has 0 aromatic carbocycles. The Kier molecular flexibility index (Phi) is 1.78. The Morgan fingerprint density at radius 1 is 1.12 bits per heavy atom. The van der Waals surface area contributed by atoms with E-state index in [2.05, 4.69) is 17.2 Å². The second-order valence-corrected chi connectivity index (χ2v) is 2.04. The van der Waals surface area contributed by atoms with Crippen molar-refractivity contribution >= 4 is 0 Å². The summed E-state index contributed by atoms with van der Waals surface area (Å²) < 4.78 is 0. The molecule has 0 aromatic heterocycles. The molecule has 46 valence electrons. The van der Waals surface area contributed by atoms with Gasteiger partial charge < -0.3 is 10.6 Å². The van der Waals surface area contributed by atoms with Crippen molar-refractivity contribution in [3.05, 3.63) is 12.4 Å². The van der Waals surface area contributed by atoms with Crippen molar-refractivity contribution in [1.29, 1.82) is 0 Å². The third kappa shape index (κ3) is 1.45. The second-order valence-electron chi connectivity index (χ2n) is 2.04. The quantitative estimate of drug-likeness (QED) is 0.475. The van der Waals surface area contributed by atoms with Gasteiger partial charge >= 0.3 is 0 Å². The third-order valence-electron chi connectivity index (χ3n) is 1.28. The van der Waals surface area contributed by atoms with Crippen LogP contribution >= 0.6 is 0 Å². The van der Waals surface area contributed by atoms with Crippen LogP contribution in [0.3, 0.4) is 0 Å². The normalized spacial score (nSPS) is 20.8. The van der Waals surface area contributed by atoms with E-state index in [4.69, 9.17) is 0 Å². The summed E-state index contributed by atoms with van der Waals surface area (Å²) in [4.78, 5) is 0. The molecular weight excluding hydrogens is 100 g/mol. The molecule has 1 rings (SSSR count). The molecule has 0 atom stereocenters. The first-order valence-corrected chi connectivity index (χ1v) is 3.06. The standard InChI is InChI=1S/C6H12N2/c1-6-7-4-2-3-5-8-6/h7-8H,1-5H2. The van der Waals surface area contributed by atoms with Crippen molar-refractivity contribution in [2.45, 2.75) is 12.8 Å². The Morgan fingerprint density at radius 3 is 2.12 bits per heavy atom. The molecule has 2 N–H and O–H groups in total. The molecule has 0 aliphatic carbocycles. The lowest BCUT2D eigenvalue weighted by Crippen LogP contribution is -2.22. The average molecular weight is 112 g/mol.